The van der Waals surface area contributed by atoms with Gasteiger partial charge in [0.15, 0.2) is 0 Å². The van der Waals surface area contributed by atoms with Gasteiger partial charge >= 0.3 is 12.1 Å². The van der Waals surface area contributed by atoms with Crippen molar-refractivity contribution >= 4 is 5.97 Å². The lowest BCUT2D eigenvalue weighted by Crippen LogP contribution is -2.45. The van der Waals surface area contributed by atoms with E-state index in [0.29, 0.717) is 0 Å². The molecule has 0 aliphatic carbocycles. The van der Waals surface area contributed by atoms with Crippen molar-refractivity contribution in [3.63, 3.8) is 0 Å². The van der Waals surface area contributed by atoms with Gasteiger partial charge in [0.1, 0.15) is 11.8 Å². The fourth-order valence-electron chi connectivity index (χ4n) is 2.56. The maximum Gasteiger partial charge on any atom is 0.395 e. The van der Waals surface area contributed by atoms with Crippen molar-refractivity contribution in [2.45, 2.75) is 31.7 Å². The van der Waals surface area contributed by atoms with E-state index in [1.54, 1.807) is 6.92 Å². The summed E-state index contributed by atoms with van der Waals surface area (Å²) < 4.78 is 48.7. The van der Waals surface area contributed by atoms with Gasteiger partial charge in [-0.15, -0.1) is 0 Å². The molecule has 3 nitrogen and oxygen atoms in total. The number of fused-ring (bicyclic) bond motifs is 2. The highest BCUT2D eigenvalue weighted by atomic mass is 19.4. The summed E-state index contributed by atoms with van der Waals surface area (Å²) in [6, 6.07) is 0. The molecule has 0 unspecified atom stereocenters. The number of ether oxygens (including phenoxy) is 2. The molecule has 0 amide bonds. The molecule has 96 valence electrons. The number of esters is 1. The molecule has 1 saturated heterocycles. The number of halogens is 3. The monoisotopic (exact) mass is 250 g/mol. The lowest BCUT2D eigenvalue weighted by atomic mass is 9.76. The second-order valence-electron chi connectivity index (χ2n) is 4.42. The third-order valence-electron chi connectivity index (χ3n) is 3.26. The number of alkyl halides is 3. The summed E-state index contributed by atoms with van der Waals surface area (Å²) in [6.45, 7) is 3.11. The standard InChI is InChI=1S/C11H13F3O3/c1-3-16-9(15)8-7(11(12,13)14)6-4-5-10(8,2)17-6/h4-8H,3H2,1-2H3/t6-,7+,8+,10+/m1/s1. The fourth-order valence-corrected chi connectivity index (χ4v) is 2.56. The summed E-state index contributed by atoms with van der Waals surface area (Å²) in [6.07, 6.45) is -2.66. The Kier molecular flexibility index (Phi) is 2.72. The van der Waals surface area contributed by atoms with E-state index in [2.05, 4.69) is 0 Å². The molecule has 0 aromatic heterocycles. The fraction of sp³-hybridized carbons (Fsp3) is 0.727. The van der Waals surface area contributed by atoms with Crippen LogP contribution in [0, 0.1) is 11.8 Å². The van der Waals surface area contributed by atoms with Crippen LogP contribution in [0.5, 0.6) is 0 Å². The summed E-state index contributed by atoms with van der Waals surface area (Å²) >= 11 is 0. The van der Waals surface area contributed by atoms with E-state index in [4.69, 9.17) is 9.47 Å². The number of hydrogen-bond donors (Lipinski definition) is 0. The first kappa shape index (κ1) is 12.4. The predicted octanol–water partition coefficient (Wildman–Crippen LogP) is 2.07. The van der Waals surface area contributed by atoms with Crippen molar-refractivity contribution in [3.8, 4) is 0 Å². The molecule has 2 rings (SSSR count). The Bertz CT molecular complexity index is 363. The summed E-state index contributed by atoms with van der Waals surface area (Å²) in [5.74, 6) is -3.96. The molecule has 6 heteroatoms. The van der Waals surface area contributed by atoms with Crippen LogP contribution in [0.4, 0.5) is 13.2 Å². The van der Waals surface area contributed by atoms with E-state index in [1.807, 2.05) is 0 Å². The lowest BCUT2D eigenvalue weighted by molar-refractivity contribution is -0.198. The maximum absolute atomic E-state index is 12.9. The molecule has 0 aromatic carbocycles. The zero-order valence-electron chi connectivity index (χ0n) is 9.45. The highest BCUT2D eigenvalue weighted by molar-refractivity contribution is 5.76. The lowest BCUT2D eigenvalue weighted by Gasteiger charge is -2.29. The summed E-state index contributed by atoms with van der Waals surface area (Å²) in [5.41, 5.74) is -1.20. The predicted molar refractivity (Wildman–Crippen MR) is 52.1 cm³/mol. The minimum atomic E-state index is -4.47. The number of carbonyl (C=O) groups excluding carboxylic acids is 1. The second kappa shape index (κ2) is 3.73. The van der Waals surface area contributed by atoms with E-state index in [9.17, 15) is 18.0 Å². The molecule has 2 heterocycles. The van der Waals surface area contributed by atoms with Crippen molar-refractivity contribution in [2.75, 3.05) is 6.61 Å². The van der Waals surface area contributed by atoms with Crippen LogP contribution >= 0.6 is 0 Å². The molecular formula is C11H13F3O3. The number of hydrogen-bond acceptors (Lipinski definition) is 3. The molecule has 17 heavy (non-hydrogen) atoms. The van der Waals surface area contributed by atoms with Crippen LogP contribution in [0.2, 0.25) is 0 Å². The Morgan fingerprint density at radius 3 is 2.71 bits per heavy atom. The van der Waals surface area contributed by atoms with Crippen LogP contribution in [0.1, 0.15) is 13.8 Å². The summed E-state index contributed by atoms with van der Waals surface area (Å²) in [7, 11) is 0. The first-order valence-corrected chi connectivity index (χ1v) is 5.40. The Morgan fingerprint density at radius 2 is 2.18 bits per heavy atom. The zero-order chi connectivity index (χ0) is 12.8. The quantitative estimate of drug-likeness (QED) is 0.556. The van der Waals surface area contributed by atoms with Crippen LogP contribution in [0.15, 0.2) is 12.2 Å². The zero-order valence-corrected chi connectivity index (χ0v) is 9.45. The van der Waals surface area contributed by atoms with Gasteiger partial charge in [0.25, 0.3) is 0 Å². The van der Waals surface area contributed by atoms with Gasteiger partial charge in [0.05, 0.1) is 18.3 Å². The molecule has 0 spiro atoms. The molecular weight excluding hydrogens is 237 g/mol. The van der Waals surface area contributed by atoms with E-state index in [0.717, 1.165) is 0 Å². The SMILES string of the molecule is CCOC(=O)[C@@H]1[C@@H](C(F)(F)F)[C@H]2C=C[C@]1(C)O2. The van der Waals surface area contributed by atoms with Gasteiger partial charge in [-0.25, -0.2) is 0 Å². The largest absolute Gasteiger partial charge is 0.466 e. The molecule has 2 bridgehead atoms. The molecule has 0 aromatic rings. The van der Waals surface area contributed by atoms with Gasteiger partial charge in [0, 0.05) is 0 Å². The van der Waals surface area contributed by atoms with Crippen LogP contribution in [-0.2, 0) is 14.3 Å². The Balaban J connectivity index is 2.33. The maximum atomic E-state index is 12.9. The van der Waals surface area contributed by atoms with Crippen molar-refractivity contribution in [2.24, 2.45) is 11.8 Å². The number of carbonyl (C=O) groups is 1. The average molecular weight is 250 g/mol. The first-order chi connectivity index (χ1) is 7.79. The van der Waals surface area contributed by atoms with E-state index < -0.39 is 35.7 Å². The van der Waals surface area contributed by atoms with Crippen LogP contribution < -0.4 is 0 Å². The van der Waals surface area contributed by atoms with Crippen molar-refractivity contribution in [1.82, 2.24) is 0 Å². The van der Waals surface area contributed by atoms with Crippen molar-refractivity contribution in [3.05, 3.63) is 12.2 Å². The van der Waals surface area contributed by atoms with Crippen LogP contribution in [0.3, 0.4) is 0 Å². The van der Waals surface area contributed by atoms with Gasteiger partial charge in [-0.3, -0.25) is 4.79 Å². The second-order valence-corrected chi connectivity index (χ2v) is 4.42. The minimum absolute atomic E-state index is 0.0599. The molecule has 4 atom stereocenters. The van der Waals surface area contributed by atoms with Crippen LogP contribution in [0.25, 0.3) is 0 Å². The molecule has 1 fully saturated rings. The Morgan fingerprint density at radius 1 is 1.53 bits per heavy atom. The van der Waals surface area contributed by atoms with Gasteiger partial charge in [-0.05, 0) is 13.8 Å². The van der Waals surface area contributed by atoms with E-state index in [-0.39, 0.29) is 6.61 Å². The third kappa shape index (κ3) is 1.84. The molecule has 0 radical (unpaired) electrons. The molecule has 2 aliphatic heterocycles. The van der Waals surface area contributed by atoms with E-state index in [1.165, 1.54) is 19.1 Å². The highest BCUT2D eigenvalue weighted by Crippen LogP contribution is 2.53. The van der Waals surface area contributed by atoms with Gasteiger partial charge in [-0.2, -0.15) is 13.2 Å². The Labute approximate surface area is 96.6 Å². The number of rotatable bonds is 2. The normalized spacial score (nSPS) is 39.7. The molecule has 0 N–H and O–H groups in total. The minimum Gasteiger partial charge on any atom is -0.466 e. The van der Waals surface area contributed by atoms with Gasteiger partial charge in [0.2, 0.25) is 0 Å². The third-order valence-corrected chi connectivity index (χ3v) is 3.26. The Hall–Kier alpha value is -1.04. The average Bonchev–Trinajstić information content (AvgIpc) is 2.69. The van der Waals surface area contributed by atoms with Gasteiger partial charge in [-0.1, -0.05) is 12.2 Å². The smallest absolute Gasteiger partial charge is 0.395 e. The molecule has 0 saturated carbocycles. The van der Waals surface area contributed by atoms with Crippen LogP contribution in [-0.4, -0.2) is 30.5 Å². The van der Waals surface area contributed by atoms with Crippen molar-refractivity contribution in [1.29, 1.82) is 0 Å². The summed E-state index contributed by atoms with van der Waals surface area (Å²) in [5, 5.41) is 0. The topological polar surface area (TPSA) is 35.5 Å². The highest BCUT2D eigenvalue weighted by Gasteiger charge is 2.66. The summed E-state index contributed by atoms with van der Waals surface area (Å²) in [4.78, 5) is 11.7. The first-order valence-electron chi connectivity index (χ1n) is 5.40. The van der Waals surface area contributed by atoms with E-state index >= 15 is 0 Å². The van der Waals surface area contributed by atoms with Gasteiger partial charge < -0.3 is 9.47 Å². The molecule has 2 aliphatic rings. The van der Waals surface area contributed by atoms with Crippen molar-refractivity contribution < 1.29 is 27.4 Å².